The number of carbonyl (C=O) groups is 1. The Labute approximate surface area is 131 Å². The first-order valence-corrected chi connectivity index (χ1v) is 6.90. The topological polar surface area (TPSA) is 38.1 Å². The van der Waals surface area contributed by atoms with Crippen molar-refractivity contribution in [3.63, 3.8) is 0 Å². The van der Waals surface area contributed by atoms with E-state index in [9.17, 15) is 13.6 Å². The van der Waals surface area contributed by atoms with E-state index in [1.807, 2.05) is 0 Å². The molecule has 0 N–H and O–H groups in total. The molecule has 116 valence electrons. The SMILES string of the molecule is CN(C(=O)c1ccn(-c2ccc(F)cc2)n1)c1ccccc1F. The smallest absolute Gasteiger partial charge is 0.278 e. The largest absolute Gasteiger partial charge is 0.307 e. The minimum absolute atomic E-state index is 0.167. The van der Waals surface area contributed by atoms with Gasteiger partial charge in [-0.25, -0.2) is 13.5 Å². The number of hydrogen-bond acceptors (Lipinski definition) is 2. The van der Waals surface area contributed by atoms with Crippen molar-refractivity contribution in [2.75, 3.05) is 11.9 Å². The highest BCUT2D eigenvalue weighted by Gasteiger charge is 2.18. The maximum atomic E-state index is 13.8. The molecule has 0 aliphatic heterocycles. The molecule has 0 saturated heterocycles. The molecule has 6 heteroatoms. The van der Waals surface area contributed by atoms with E-state index in [0.29, 0.717) is 5.69 Å². The summed E-state index contributed by atoms with van der Waals surface area (Å²) in [6, 6.07) is 13.3. The molecular formula is C17H13F2N3O. The lowest BCUT2D eigenvalue weighted by Gasteiger charge is -2.16. The van der Waals surface area contributed by atoms with Gasteiger partial charge in [0, 0.05) is 13.2 Å². The maximum Gasteiger partial charge on any atom is 0.278 e. The Morgan fingerprint density at radius 3 is 2.43 bits per heavy atom. The summed E-state index contributed by atoms with van der Waals surface area (Å²) in [5.41, 5.74) is 0.966. The molecule has 23 heavy (non-hydrogen) atoms. The Bertz CT molecular complexity index is 843. The number of rotatable bonds is 3. The van der Waals surface area contributed by atoms with Crippen molar-refractivity contribution in [1.82, 2.24) is 9.78 Å². The Morgan fingerprint density at radius 1 is 1.04 bits per heavy atom. The molecular weight excluding hydrogens is 300 g/mol. The van der Waals surface area contributed by atoms with Gasteiger partial charge in [0.25, 0.3) is 5.91 Å². The van der Waals surface area contributed by atoms with Crippen LogP contribution >= 0.6 is 0 Å². The van der Waals surface area contributed by atoms with E-state index in [1.165, 1.54) is 47.0 Å². The molecule has 1 heterocycles. The molecule has 0 spiro atoms. The lowest BCUT2D eigenvalue weighted by Crippen LogP contribution is -2.27. The van der Waals surface area contributed by atoms with Gasteiger partial charge in [-0.1, -0.05) is 12.1 Å². The summed E-state index contributed by atoms with van der Waals surface area (Å²) in [6.07, 6.45) is 1.59. The summed E-state index contributed by atoms with van der Waals surface area (Å²) < 4.78 is 28.2. The van der Waals surface area contributed by atoms with Crippen molar-refractivity contribution in [3.05, 3.63) is 78.1 Å². The Kier molecular flexibility index (Phi) is 3.89. The van der Waals surface area contributed by atoms with Crippen LogP contribution < -0.4 is 4.90 Å². The van der Waals surface area contributed by atoms with Crippen LogP contribution in [-0.4, -0.2) is 22.7 Å². The van der Waals surface area contributed by atoms with Crippen LogP contribution in [0.2, 0.25) is 0 Å². The highest BCUT2D eigenvalue weighted by Crippen LogP contribution is 2.19. The number of carbonyl (C=O) groups excluding carboxylic acids is 1. The molecule has 3 rings (SSSR count). The summed E-state index contributed by atoms with van der Waals surface area (Å²) in [5.74, 6) is -1.27. The number of para-hydroxylation sites is 1. The van der Waals surface area contributed by atoms with Crippen molar-refractivity contribution in [2.24, 2.45) is 0 Å². The monoisotopic (exact) mass is 313 g/mol. The summed E-state index contributed by atoms with van der Waals surface area (Å²) in [7, 11) is 1.48. The molecule has 1 aromatic heterocycles. The minimum Gasteiger partial charge on any atom is -0.307 e. The summed E-state index contributed by atoms with van der Waals surface area (Å²) in [4.78, 5) is 13.6. The maximum absolute atomic E-state index is 13.8. The molecule has 2 aromatic carbocycles. The lowest BCUT2D eigenvalue weighted by atomic mass is 10.2. The van der Waals surface area contributed by atoms with Crippen LogP contribution in [0.5, 0.6) is 0 Å². The predicted molar refractivity (Wildman–Crippen MR) is 82.7 cm³/mol. The third-order valence-electron chi connectivity index (χ3n) is 3.42. The first-order chi connectivity index (χ1) is 11.1. The van der Waals surface area contributed by atoms with Crippen LogP contribution in [0.15, 0.2) is 60.8 Å². The zero-order chi connectivity index (χ0) is 16.4. The average Bonchev–Trinajstić information content (AvgIpc) is 3.04. The van der Waals surface area contributed by atoms with Gasteiger partial charge < -0.3 is 4.90 Å². The first kappa shape index (κ1) is 14.9. The molecule has 0 bridgehead atoms. The number of aromatic nitrogens is 2. The van der Waals surface area contributed by atoms with Crippen LogP contribution in [-0.2, 0) is 0 Å². The molecule has 0 unspecified atom stereocenters. The molecule has 4 nitrogen and oxygen atoms in total. The van der Waals surface area contributed by atoms with E-state index in [0.717, 1.165) is 0 Å². The number of amides is 1. The van der Waals surface area contributed by atoms with Crippen LogP contribution in [0, 0.1) is 11.6 Å². The second-order valence-corrected chi connectivity index (χ2v) is 4.94. The van der Waals surface area contributed by atoms with Gasteiger partial charge in [-0.3, -0.25) is 4.79 Å². The fraction of sp³-hybridized carbons (Fsp3) is 0.0588. The minimum atomic E-state index is -0.485. The van der Waals surface area contributed by atoms with E-state index < -0.39 is 11.7 Å². The summed E-state index contributed by atoms with van der Waals surface area (Å²) in [5, 5.41) is 4.17. The molecule has 0 fully saturated rings. The highest BCUT2D eigenvalue weighted by molar-refractivity contribution is 6.04. The molecule has 1 amide bonds. The zero-order valence-corrected chi connectivity index (χ0v) is 12.3. The number of benzene rings is 2. The molecule has 0 aliphatic rings. The van der Waals surface area contributed by atoms with Gasteiger partial charge in [0.1, 0.15) is 11.6 Å². The van der Waals surface area contributed by atoms with Crippen molar-refractivity contribution in [3.8, 4) is 5.69 Å². The Hall–Kier alpha value is -3.02. The van der Waals surface area contributed by atoms with Gasteiger partial charge in [-0.15, -0.1) is 0 Å². The van der Waals surface area contributed by atoms with E-state index in [2.05, 4.69) is 5.10 Å². The van der Waals surface area contributed by atoms with Gasteiger partial charge in [0.15, 0.2) is 5.69 Å². The van der Waals surface area contributed by atoms with Crippen molar-refractivity contribution in [1.29, 1.82) is 0 Å². The van der Waals surface area contributed by atoms with Crippen molar-refractivity contribution in [2.45, 2.75) is 0 Å². The highest BCUT2D eigenvalue weighted by atomic mass is 19.1. The van der Waals surface area contributed by atoms with Gasteiger partial charge in [-0.2, -0.15) is 5.10 Å². The van der Waals surface area contributed by atoms with E-state index in [-0.39, 0.29) is 17.2 Å². The van der Waals surface area contributed by atoms with Crippen LogP contribution in [0.4, 0.5) is 14.5 Å². The van der Waals surface area contributed by atoms with Crippen LogP contribution in [0.3, 0.4) is 0 Å². The summed E-state index contributed by atoms with van der Waals surface area (Å²) >= 11 is 0. The number of halogens is 2. The van der Waals surface area contributed by atoms with Crippen molar-refractivity contribution >= 4 is 11.6 Å². The van der Waals surface area contributed by atoms with E-state index in [1.54, 1.807) is 30.5 Å². The molecule has 0 saturated carbocycles. The number of hydrogen-bond donors (Lipinski definition) is 0. The fourth-order valence-electron chi connectivity index (χ4n) is 2.18. The van der Waals surface area contributed by atoms with Crippen molar-refractivity contribution < 1.29 is 13.6 Å². The second-order valence-electron chi connectivity index (χ2n) is 4.94. The third-order valence-corrected chi connectivity index (χ3v) is 3.42. The Balaban J connectivity index is 1.86. The van der Waals surface area contributed by atoms with Crippen LogP contribution in [0.1, 0.15) is 10.5 Å². The third kappa shape index (κ3) is 2.96. The second kappa shape index (κ2) is 6.00. The van der Waals surface area contributed by atoms with E-state index in [4.69, 9.17) is 0 Å². The van der Waals surface area contributed by atoms with Gasteiger partial charge in [0.2, 0.25) is 0 Å². The fourth-order valence-corrected chi connectivity index (χ4v) is 2.18. The number of nitrogens with zero attached hydrogens (tertiary/aromatic N) is 3. The zero-order valence-electron chi connectivity index (χ0n) is 12.3. The van der Waals surface area contributed by atoms with E-state index >= 15 is 0 Å². The summed E-state index contributed by atoms with van der Waals surface area (Å²) in [6.45, 7) is 0. The first-order valence-electron chi connectivity index (χ1n) is 6.90. The molecule has 3 aromatic rings. The number of anilines is 1. The normalized spacial score (nSPS) is 10.6. The average molecular weight is 313 g/mol. The molecule has 0 atom stereocenters. The standard InChI is InChI=1S/C17H13F2N3O/c1-21(16-5-3-2-4-14(16)19)17(23)15-10-11-22(20-15)13-8-6-12(18)7-9-13/h2-11H,1H3. The quantitative estimate of drug-likeness (QED) is 0.743. The predicted octanol–water partition coefficient (Wildman–Crippen LogP) is 3.43. The van der Waals surface area contributed by atoms with Gasteiger partial charge >= 0.3 is 0 Å². The lowest BCUT2D eigenvalue weighted by molar-refractivity contribution is 0.0987. The van der Waals surface area contributed by atoms with Gasteiger partial charge in [0.05, 0.1) is 11.4 Å². The Morgan fingerprint density at radius 2 is 1.74 bits per heavy atom. The molecule has 0 radical (unpaired) electrons. The van der Waals surface area contributed by atoms with Crippen LogP contribution in [0.25, 0.3) is 5.69 Å². The van der Waals surface area contributed by atoms with Gasteiger partial charge in [-0.05, 0) is 42.5 Å². The molecule has 0 aliphatic carbocycles.